The van der Waals surface area contributed by atoms with E-state index in [2.05, 4.69) is 4.72 Å². The molecule has 0 heterocycles. The molecule has 0 aromatic heterocycles. The van der Waals surface area contributed by atoms with E-state index in [9.17, 15) is 17.2 Å². The van der Waals surface area contributed by atoms with E-state index < -0.39 is 37.8 Å². The second-order valence-electron chi connectivity index (χ2n) is 4.63. The Bertz CT molecular complexity index is 536. The first-order valence-corrected chi connectivity index (χ1v) is 6.30. The smallest absolute Gasteiger partial charge is 0.244 e. The van der Waals surface area contributed by atoms with Crippen molar-refractivity contribution in [1.82, 2.24) is 4.72 Å². The van der Waals surface area contributed by atoms with Crippen molar-refractivity contribution in [2.45, 2.75) is 31.2 Å². The Balaban J connectivity index is 3.31. The van der Waals surface area contributed by atoms with Gasteiger partial charge in [0.2, 0.25) is 10.0 Å². The van der Waals surface area contributed by atoms with Crippen molar-refractivity contribution in [3.63, 3.8) is 0 Å². The highest BCUT2D eigenvalue weighted by atomic mass is 32.2. The number of rotatable bonds is 2. The third kappa shape index (κ3) is 3.13. The number of nitrogens with two attached hydrogens (primary N) is 1. The van der Waals surface area contributed by atoms with Crippen LogP contribution in [-0.2, 0) is 10.0 Å². The first-order chi connectivity index (χ1) is 7.54. The fraction of sp³-hybridized carbons (Fsp3) is 0.400. The zero-order chi connectivity index (χ0) is 13.4. The van der Waals surface area contributed by atoms with E-state index in [4.69, 9.17) is 5.73 Å². The second kappa shape index (κ2) is 4.23. The van der Waals surface area contributed by atoms with Gasteiger partial charge < -0.3 is 5.73 Å². The van der Waals surface area contributed by atoms with E-state index in [-0.39, 0.29) is 0 Å². The quantitative estimate of drug-likeness (QED) is 0.797. The highest BCUT2D eigenvalue weighted by Gasteiger charge is 2.26. The topological polar surface area (TPSA) is 72.2 Å². The molecule has 0 aliphatic heterocycles. The molecule has 0 saturated carbocycles. The van der Waals surface area contributed by atoms with E-state index in [0.29, 0.717) is 0 Å². The number of hydrogen-bond donors (Lipinski definition) is 2. The second-order valence-corrected chi connectivity index (χ2v) is 6.28. The molecule has 4 nitrogen and oxygen atoms in total. The Kier molecular flexibility index (Phi) is 3.45. The first kappa shape index (κ1) is 13.9. The lowest BCUT2D eigenvalue weighted by Gasteiger charge is -2.20. The normalized spacial score (nSPS) is 12.8. The van der Waals surface area contributed by atoms with Gasteiger partial charge >= 0.3 is 0 Å². The third-order valence-corrected chi connectivity index (χ3v) is 3.60. The number of anilines is 1. The Hall–Kier alpha value is -1.21. The summed E-state index contributed by atoms with van der Waals surface area (Å²) >= 11 is 0. The van der Waals surface area contributed by atoms with Crippen molar-refractivity contribution in [2.24, 2.45) is 0 Å². The van der Waals surface area contributed by atoms with Crippen LogP contribution in [0.15, 0.2) is 17.0 Å². The van der Waals surface area contributed by atoms with Crippen molar-refractivity contribution in [3.8, 4) is 0 Å². The van der Waals surface area contributed by atoms with Crippen molar-refractivity contribution < 1.29 is 17.2 Å². The van der Waals surface area contributed by atoms with Gasteiger partial charge in [-0.1, -0.05) is 0 Å². The lowest BCUT2D eigenvalue weighted by Crippen LogP contribution is -2.40. The minimum Gasteiger partial charge on any atom is -0.394 e. The Morgan fingerprint density at radius 1 is 1.24 bits per heavy atom. The predicted molar refractivity (Wildman–Crippen MR) is 60.8 cm³/mol. The van der Waals surface area contributed by atoms with Gasteiger partial charge in [0, 0.05) is 5.54 Å². The van der Waals surface area contributed by atoms with Crippen LogP contribution in [0.5, 0.6) is 0 Å². The Morgan fingerprint density at radius 3 is 2.24 bits per heavy atom. The zero-order valence-electron chi connectivity index (χ0n) is 9.71. The molecule has 0 atom stereocenters. The molecule has 0 spiro atoms. The molecule has 1 aromatic rings. The summed E-state index contributed by atoms with van der Waals surface area (Å²) in [6.45, 7) is 4.82. The molecular formula is C10H14F2N2O2S. The lowest BCUT2D eigenvalue weighted by atomic mass is 10.1. The van der Waals surface area contributed by atoms with E-state index in [0.717, 1.165) is 12.1 Å². The molecule has 0 radical (unpaired) electrons. The van der Waals surface area contributed by atoms with Crippen LogP contribution in [0.1, 0.15) is 20.8 Å². The fourth-order valence-corrected chi connectivity index (χ4v) is 2.72. The van der Waals surface area contributed by atoms with Crippen molar-refractivity contribution in [2.75, 3.05) is 5.73 Å². The molecule has 3 N–H and O–H groups in total. The van der Waals surface area contributed by atoms with E-state index >= 15 is 0 Å². The van der Waals surface area contributed by atoms with E-state index in [1.807, 2.05) is 0 Å². The lowest BCUT2D eigenvalue weighted by molar-refractivity contribution is 0.485. The molecule has 0 bridgehead atoms. The van der Waals surface area contributed by atoms with Gasteiger partial charge in [0.05, 0.1) is 0 Å². The summed E-state index contributed by atoms with van der Waals surface area (Å²) in [4.78, 5) is -0.661. The number of halogens is 2. The van der Waals surface area contributed by atoms with Gasteiger partial charge in [0.15, 0.2) is 5.82 Å². The Labute approximate surface area is 98.9 Å². The zero-order valence-corrected chi connectivity index (χ0v) is 10.5. The molecule has 0 unspecified atom stereocenters. The van der Waals surface area contributed by atoms with Gasteiger partial charge in [-0.15, -0.1) is 0 Å². The van der Waals surface area contributed by atoms with Crippen LogP contribution >= 0.6 is 0 Å². The summed E-state index contributed by atoms with van der Waals surface area (Å²) in [6.07, 6.45) is 0. The molecule has 0 amide bonds. The molecule has 1 aromatic carbocycles. The standard InChI is InChI=1S/C10H14F2N2O2S/c1-10(2,3)14-17(15,16)7-5-4-6(11)9(13)8(7)12/h4-5,14H,13H2,1-3H3. The summed E-state index contributed by atoms with van der Waals surface area (Å²) in [5, 5.41) is 0. The van der Waals surface area contributed by atoms with Crippen LogP contribution in [0.3, 0.4) is 0 Å². The molecule has 1 rings (SSSR count). The minimum atomic E-state index is -4.06. The predicted octanol–water partition coefficient (Wildman–Crippen LogP) is 1.62. The average Bonchev–Trinajstić information content (AvgIpc) is 2.09. The molecular weight excluding hydrogens is 250 g/mol. The van der Waals surface area contributed by atoms with Gasteiger partial charge in [-0.3, -0.25) is 0 Å². The van der Waals surface area contributed by atoms with Gasteiger partial charge in [-0.2, -0.15) is 0 Å². The van der Waals surface area contributed by atoms with Crippen molar-refractivity contribution in [3.05, 3.63) is 23.8 Å². The Morgan fingerprint density at radius 2 is 1.76 bits per heavy atom. The third-order valence-electron chi connectivity index (χ3n) is 1.82. The van der Waals surface area contributed by atoms with Gasteiger partial charge in [0.25, 0.3) is 0 Å². The van der Waals surface area contributed by atoms with Crippen LogP contribution < -0.4 is 10.5 Å². The van der Waals surface area contributed by atoms with Crippen LogP contribution in [0, 0.1) is 11.6 Å². The number of sulfonamides is 1. The number of nitrogens with one attached hydrogen (secondary N) is 1. The molecule has 96 valence electrons. The molecule has 0 aliphatic rings. The van der Waals surface area contributed by atoms with E-state index in [1.54, 1.807) is 20.8 Å². The molecule has 17 heavy (non-hydrogen) atoms. The van der Waals surface area contributed by atoms with Crippen LogP contribution in [0.25, 0.3) is 0 Å². The van der Waals surface area contributed by atoms with Gasteiger partial charge in [0.1, 0.15) is 16.4 Å². The van der Waals surface area contributed by atoms with Gasteiger partial charge in [-0.05, 0) is 32.9 Å². The van der Waals surface area contributed by atoms with Crippen LogP contribution in [0.2, 0.25) is 0 Å². The molecule has 0 fully saturated rings. The van der Waals surface area contributed by atoms with Crippen LogP contribution in [-0.4, -0.2) is 14.0 Å². The van der Waals surface area contributed by atoms with Crippen molar-refractivity contribution in [1.29, 1.82) is 0 Å². The number of hydrogen-bond acceptors (Lipinski definition) is 3. The summed E-state index contributed by atoms with van der Waals surface area (Å²) < 4.78 is 52.3. The number of nitrogen functional groups attached to an aromatic ring is 1. The molecule has 0 saturated heterocycles. The highest BCUT2D eigenvalue weighted by molar-refractivity contribution is 7.89. The van der Waals surface area contributed by atoms with Crippen molar-refractivity contribution >= 4 is 15.7 Å². The summed E-state index contributed by atoms with van der Waals surface area (Å²) in [6, 6.07) is 1.66. The summed E-state index contributed by atoms with van der Waals surface area (Å²) in [5.74, 6) is -2.26. The maximum Gasteiger partial charge on any atom is 0.244 e. The monoisotopic (exact) mass is 264 g/mol. The maximum atomic E-state index is 13.5. The summed E-state index contributed by atoms with van der Waals surface area (Å²) in [5.41, 5.74) is 3.53. The molecule has 0 aliphatic carbocycles. The fourth-order valence-electron chi connectivity index (χ4n) is 1.21. The average molecular weight is 264 g/mol. The SMILES string of the molecule is CC(C)(C)NS(=O)(=O)c1ccc(F)c(N)c1F. The first-order valence-electron chi connectivity index (χ1n) is 4.82. The van der Waals surface area contributed by atoms with E-state index in [1.165, 1.54) is 0 Å². The highest BCUT2D eigenvalue weighted by Crippen LogP contribution is 2.23. The maximum absolute atomic E-state index is 13.5. The van der Waals surface area contributed by atoms with Gasteiger partial charge in [-0.25, -0.2) is 21.9 Å². The minimum absolute atomic E-state index is 0.661. The number of benzene rings is 1. The molecule has 7 heteroatoms. The van der Waals surface area contributed by atoms with Crippen LogP contribution in [0.4, 0.5) is 14.5 Å². The summed E-state index contributed by atoms with van der Waals surface area (Å²) in [7, 11) is -4.06. The largest absolute Gasteiger partial charge is 0.394 e.